The van der Waals surface area contributed by atoms with Crippen molar-refractivity contribution in [2.24, 2.45) is 5.41 Å². The third-order valence-corrected chi connectivity index (χ3v) is 5.89. The minimum Gasteiger partial charge on any atom is -0.497 e. The molecule has 0 aliphatic heterocycles. The van der Waals surface area contributed by atoms with E-state index in [0.29, 0.717) is 23.8 Å². The second-order valence-corrected chi connectivity index (χ2v) is 9.60. The Labute approximate surface area is 169 Å². The van der Waals surface area contributed by atoms with E-state index in [0.717, 1.165) is 17.5 Å². The minimum atomic E-state index is -0.216. The third-order valence-electron chi connectivity index (χ3n) is 5.89. The van der Waals surface area contributed by atoms with Gasteiger partial charge in [0.05, 0.1) is 19.3 Å². The lowest BCUT2D eigenvalue weighted by atomic mass is 9.75. The van der Waals surface area contributed by atoms with Crippen LogP contribution in [0.25, 0.3) is 11.1 Å². The predicted octanol–water partition coefficient (Wildman–Crippen LogP) is 7.11. The lowest BCUT2D eigenvalue weighted by Gasteiger charge is -2.30. The number of ether oxygens (including phenoxy) is 2. The Balaban J connectivity index is 2.10. The predicted molar refractivity (Wildman–Crippen MR) is 113 cm³/mol. The second-order valence-electron chi connectivity index (χ2n) is 9.60. The van der Waals surface area contributed by atoms with Gasteiger partial charge in [0.2, 0.25) is 0 Å². The molecule has 0 N–H and O–H groups in total. The molecule has 0 radical (unpaired) electrons. The molecule has 152 valence electrons. The van der Waals surface area contributed by atoms with Crippen LogP contribution in [0.1, 0.15) is 70.9 Å². The zero-order chi connectivity index (χ0) is 20.5. The Kier molecular flexibility index (Phi) is 5.86. The van der Waals surface area contributed by atoms with E-state index >= 15 is 0 Å². The van der Waals surface area contributed by atoms with Gasteiger partial charge in [0.15, 0.2) is 0 Å². The molecule has 28 heavy (non-hydrogen) atoms. The van der Waals surface area contributed by atoms with Crippen LogP contribution in [0.5, 0.6) is 5.75 Å². The largest absolute Gasteiger partial charge is 0.497 e. The molecule has 0 spiro atoms. The first-order valence-electron chi connectivity index (χ1n) is 10.2. The van der Waals surface area contributed by atoms with E-state index in [1.165, 1.54) is 24.5 Å². The van der Waals surface area contributed by atoms with Crippen LogP contribution in [-0.4, -0.2) is 12.7 Å². The third kappa shape index (κ3) is 4.57. The van der Waals surface area contributed by atoms with Crippen LogP contribution < -0.4 is 4.74 Å². The smallest absolute Gasteiger partial charge is 0.131 e. The van der Waals surface area contributed by atoms with E-state index in [1.807, 2.05) is 26.8 Å². The van der Waals surface area contributed by atoms with E-state index in [-0.39, 0.29) is 16.8 Å². The van der Waals surface area contributed by atoms with Crippen molar-refractivity contribution in [2.45, 2.75) is 72.0 Å². The van der Waals surface area contributed by atoms with Gasteiger partial charge in [0, 0.05) is 5.56 Å². The Bertz CT molecular complexity index is 833. The molecule has 0 amide bonds. The molecular weight excluding hydrogens is 351 g/mol. The number of hydrogen-bond donors (Lipinski definition) is 0. The van der Waals surface area contributed by atoms with Crippen LogP contribution in [0.15, 0.2) is 36.4 Å². The van der Waals surface area contributed by atoms with E-state index in [2.05, 4.69) is 32.0 Å². The number of halogens is 1. The summed E-state index contributed by atoms with van der Waals surface area (Å²) in [6.45, 7) is 11.3. The fraction of sp³-hybridized carbons (Fsp3) is 0.520. The average molecular weight is 385 g/mol. The molecule has 2 aromatic carbocycles. The van der Waals surface area contributed by atoms with Crippen molar-refractivity contribution in [3.8, 4) is 16.9 Å². The SMILES string of the molecule is COc1ccc(F)c(-c2cc(COC(C)(C)C)ccc2[C@@H]2CCCC2(C)C)c1. The quantitative estimate of drug-likeness (QED) is 0.547. The van der Waals surface area contributed by atoms with E-state index < -0.39 is 0 Å². The van der Waals surface area contributed by atoms with Gasteiger partial charge in [0.1, 0.15) is 11.6 Å². The van der Waals surface area contributed by atoms with Crippen LogP contribution in [0.2, 0.25) is 0 Å². The summed E-state index contributed by atoms with van der Waals surface area (Å²) >= 11 is 0. The topological polar surface area (TPSA) is 18.5 Å². The number of rotatable bonds is 5. The standard InChI is InChI=1S/C25H33FO2/c1-24(2,3)28-16-17-9-11-19(22-8-7-13-25(22,4)5)20(14-17)21-15-18(27-6)10-12-23(21)26/h9-12,14-15,22H,7-8,13,16H2,1-6H3/t22-/m0/s1. The van der Waals surface area contributed by atoms with Gasteiger partial charge in [0.25, 0.3) is 0 Å². The van der Waals surface area contributed by atoms with Crippen molar-refractivity contribution in [3.05, 3.63) is 53.3 Å². The summed E-state index contributed by atoms with van der Waals surface area (Å²) in [6, 6.07) is 11.4. The summed E-state index contributed by atoms with van der Waals surface area (Å²) in [6.07, 6.45) is 3.56. The lowest BCUT2D eigenvalue weighted by Crippen LogP contribution is -2.19. The Morgan fingerprint density at radius 1 is 1.07 bits per heavy atom. The number of benzene rings is 2. The fourth-order valence-corrected chi connectivity index (χ4v) is 4.27. The van der Waals surface area contributed by atoms with E-state index in [4.69, 9.17) is 9.47 Å². The highest BCUT2D eigenvalue weighted by molar-refractivity contribution is 5.71. The zero-order valence-corrected chi connectivity index (χ0v) is 18.1. The normalized spacial score (nSPS) is 19.0. The van der Waals surface area contributed by atoms with E-state index in [9.17, 15) is 4.39 Å². The highest BCUT2D eigenvalue weighted by Gasteiger charge is 2.37. The summed E-state index contributed by atoms with van der Waals surface area (Å²) in [5.74, 6) is 0.877. The Morgan fingerprint density at radius 2 is 1.82 bits per heavy atom. The summed E-state index contributed by atoms with van der Waals surface area (Å²) in [5, 5.41) is 0. The van der Waals surface area contributed by atoms with Gasteiger partial charge >= 0.3 is 0 Å². The van der Waals surface area contributed by atoms with Gasteiger partial charge < -0.3 is 9.47 Å². The second kappa shape index (κ2) is 7.87. The molecule has 0 bridgehead atoms. The van der Waals surface area contributed by atoms with Crippen molar-refractivity contribution in [3.63, 3.8) is 0 Å². The maximum atomic E-state index is 14.9. The van der Waals surface area contributed by atoms with Gasteiger partial charge in [-0.15, -0.1) is 0 Å². The highest BCUT2D eigenvalue weighted by Crippen LogP contribution is 2.51. The molecule has 1 saturated carbocycles. The molecule has 1 aliphatic rings. The van der Waals surface area contributed by atoms with Crippen molar-refractivity contribution < 1.29 is 13.9 Å². The lowest BCUT2D eigenvalue weighted by molar-refractivity contribution is -0.0149. The maximum absolute atomic E-state index is 14.9. The van der Waals surface area contributed by atoms with Crippen molar-refractivity contribution in [1.82, 2.24) is 0 Å². The number of methoxy groups -OCH3 is 1. The molecule has 1 aliphatic carbocycles. The Hall–Kier alpha value is -1.87. The van der Waals surface area contributed by atoms with Crippen LogP contribution >= 0.6 is 0 Å². The molecule has 1 fully saturated rings. The fourth-order valence-electron chi connectivity index (χ4n) is 4.27. The van der Waals surface area contributed by atoms with Crippen LogP contribution in [0.3, 0.4) is 0 Å². The highest BCUT2D eigenvalue weighted by atomic mass is 19.1. The first-order valence-corrected chi connectivity index (χ1v) is 10.2. The summed E-state index contributed by atoms with van der Waals surface area (Å²) < 4.78 is 26.2. The molecule has 0 unspecified atom stereocenters. The maximum Gasteiger partial charge on any atom is 0.131 e. The van der Waals surface area contributed by atoms with Crippen LogP contribution in [0, 0.1) is 11.2 Å². The summed E-state index contributed by atoms with van der Waals surface area (Å²) in [4.78, 5) is 0. The molecule has 0 aromatic heterocycles. The molecule has 0 saturated heterocycles. The molecule has 0 heterocycles. The van der Waals surface area contributed by atoms with Crippen molar-refractivity contribution in [2.75, 3.05) is 7.11 Å². The van der Waals surface area contributed by atoms with Crippen molar-refractivity contribution in [1.29, 1.82) is 0 Å². The average Bonchev–Trinajstić information content (AvgIpc) is 2.98. The van der Waals surface area contributed by atoms with Crippen LogP contribution in [0.4, 0.5) is 4.39 Å². The molecule has 2 aromatic rings. The summed E-state index contributed by atoms with van der Waals surface area (Å²) in [5.41, 5.74) is 3.86. The monoisotopic (exact) mass is 384 g/mol. The van der Waals surface area contributed by atoms with Gasteiger partial charge in [-0.1, -0.05) is 32.4 Å². The van der Waals surface area contributed by atoms with Crippen molar-refractivity contribution >= 4 is 0 Å². The van der Waals surface area contributed by atoms with Gasteiger partial charge in [-0.3, -0.25) is 0 Å². The molecule has 3 heteroatoms. The number of hydrogen-bond acceptors (Lipinski definition) is 2. The van der Waals surface area contributed by atoms with Gasteiger partial charge in [-0.2, -0.15) is 0 Å². The molecule has 3 rings (SSSR count). The summed E-state index contributed by atoms with van der Waals surface area (Å²) in [7, 11) is 1.62. The van der Waals surface area contributed by atoms with Gasteiger partial charge in [-0.25, -0.2) is 4.39 Å². The Morgan fingerprint density at radius 3 is 2.43 bits per heavy atom. The molecule has 2 nitrogen and oxygen atoms in total. The molecular formula is C25H33FO2. The van der Waals surface area contributed by atoms with Crippen LogP contribution in [-0.2, 0) is 11.3 Å². The minimum absolute atomic E-state index is 0.215. The van der Waals surface area contributed by atoms with E-state index in [1.54, 1.807) is 13.2 Å². The van der Waals surface area contributed by atoms with Gasteiger partial charge in [-0.05, 0) is 85.9 Å². The first-order chi connectivity index (χ1) is 13.1. The zero-order valence-electron chi connectivity index (χ0n) is 18.1. The first kappa shape index (κ1) is 20.9. The molecule has 1 atom stereocenters.